The Morgan fingerprint density at radius 2 is 2.29 bits per heavy atom. The van der Waals surface area contributed by atoms with Gasteiger partial charge in [0.2, 0.25) is 11.7 Å². The molecular weight excluding hydrogens is 246 g/mol. The third kappa shape index (κ3) is 4.02. The lowest BCUT2D eigenvalue weighted by molar-refractivity contribution is 0.318. The smallest absolute Gasteiger partial charge is 0.219 e. The lowest BCUT2D eigenvalue weighted by atomic mass is 10.6. The molecule has 1 rings (SSSR count). The summed E-state index contributed by atoms with van der Waals surface area (Å²) in [5, 5.41) is 15.0. The maximum absolute atomic E-state index is 11.5. The number of oxime groups is 1. The number of nitrogens with two attached hydrogens (primary N) is 1. The minimum Gasteiger partial charge on any atom is -0.409 e. The van der Waals surface area contributed by atoms with Gasteiger partial charge >= 0.3 is 0 Å². The standard InChI is InChI=1S/C8H15N5O3S/c1-2-4-17(15,16)5-3-13-6-10-8(11-13)7(9)12-14/h6,14H,2-5H2,1H3,(H2,9,12). The topological polar surface area (TPSA) is 123 Å². The van der Waals surface area contributed by atoms with Crippen LogP contribution < -0.4 is 5.73 Å². The zero-order valence-electron chi connectivity index (χ0n) is 9.44. The molecule has 17 heavy (non-hydrogen) atoms. The van der Waals surface area contributed by atoms with Crippen molar-refractivity contribution in [1.29, 1.82) is 0 Å². The van der Waals surface area contributed by atoms with Gasteiger partial charge in [-0.2, -0.15) is 0 Å². The maximum Gasteiger partial charge on any atom is 0.219 e. The van der Waals surface area contributed by atoms with E-state index in [2.05, 4.69) is 15.2 Å². The first-order valence-electron chi connectivity index (χ1n) is 5.06. The van der Waals surface area contributed by atoms with E-state index in [-0.39, 0.29) is 29.7 Å². The Morgan fingerprint density at radius 3 is 2.88 bits per heavy atom. The highest BCUT2D eigenvalue weighted by atomic mass is 32.2. The summed E-state index contributed by atoms with van der Waals surface area (Å²) in [6.07, 6.45) is 1.93. The summed E-state index contributed by atoms with van der Waals surface area (Å²) in [6.45, 7) is 2.01. The van der Waals surface area contributed by atoms with Gasteiger partial charge in [0.1, 0.15) is 6.33 Å². The van der Waals surface area contributed by atoms with E-state index < -0.39 is 9.84 Å². The minimum atomic E-state index is -3.05. The van der Waals surface area contributed by atoms with Crippen LogP contribution in [0.2, 0.25) is 0 Å². The van der Waals surface area contributed by atoms with Gasteiger partial charge in [0.15, 0.2) is 9.84 Å². The maximum atomic E-state index is 11.5. The van der Waals surface area contributed by atoms with Gasteiger partial charge in [-0.15, -0.1) is 5.10 Å². The Balaban J connectivity index is 2.62. The molecule has 0 aliphatic carbocycles. The van der Waals surface area contributed by atoms with Gasteiger partial charge in [-0.3, -0.25) is 4.68 Å². The number of rotatable bonds is 6. The predicted molar refractivity (Wildman–Crippen MR) is 61.5 cm³/mol. The molecule has 0 saturated heterocycles. The van der Waals surface area contributed by atoms with Crippen LogP contribution >= 0.6 is 0 Å². The van der Waals surface area contributed by atoms with Gasteiger partial charge in [-0.05, 0) is 6.42 Å². The van der Waals surface area contributed by atoms with Crippen molar-refractivity contribution in [2.24, 2.45) is 10.9 Å². The van der Waals surface area contributed by atoms with Crippen molar-refractivity contribution < 1.29 is 13.6 Å². The van der Waals surface area contributed by atoms with E-state index in [0.717, 1.165) is 0 Å². The summed E-state index contributed by atoms with van der Waals surface area (Å²) in [4.78, 5) is 3.77. The lowest BCUT2D eigenvalue weighted by Crippen LogP contribution is -2.18. The van der Waals surface area contributed by atoms with E-state index >= 15 is 0 Å². The Labute approximate surface area is 99.1 Å². The van der Waals surface area contributed by atoms with Crippen LogP contribution in [0.3, 0.4) is 0 Å². The summed E-state index contributed by atoms with van der Waals surface area (Å²) < 4.78 is 24.2. The number of amidine groups is 1. The van der Waals surface area contributed by atoms with E-state index in [4.69, 9.17) is 10.9 Å². The Hall–Kier alpha value is -1.64. The first kappa shape index (κ1) is 13.4. The molecule has 0 bridgehead atoms. The average Bonchev–Trinajstić information content (AvgIpc) is 2.74. The van der Waals surface area contributed by atoms with Crippen LogP contribution in [0.4, 0.5) is 0 Å². The van der Waals surface area contributed by atoms with Crippen molar-refractivity contribution in [1.82, 2.24) is 14.8 Å². The van der Waals surface area contributed by atoms with Crippen molar-refractivity contribution in [2.45, 2.75) is 19.9 Å². The largest absolute Gasteiger partial charge is 0.409 e. The van der Waals surface area contributed by atoms with E-state index in [1.54, 1.807) is 0 Å². The van der Waals surface area contributed by atoms with E-state index in [9.17, 15) is 8.42 Å². The van der Waals surface area contributed by atoms with E-state index in [0.29, 0.717) is 6.42 Å². The van der Waals surface area contributed by atoms with Crippen molar-refractivity contribution in [3.8, 4) is 0 Å². The van der Waals surface area contributed by atoms with E-state index in [1.165, 1.54) is 11.0 Å². The summed E-state index contributed by atoms with van der Waals surface area (Å²) >= 11 is 0. The van der Waals surface area contributed by atoms with Gasteiger partial charge in [0.05, 0.1) is 12.3 Å². The van der Waals surface area contributed by atoms with Gasteiger partial charge in [-0.1, -0.05) is 12.1 Å². The van der Waals surface area contributed by atoms with Crippen LogP contribution in [0.1, 0.15) is 19.2 Å². The molecule has 1 aromatic rings. The van der Waals surface area contributed by atoms with E-state index in [1.807, 2.05) is 6.92 Å². The molecule has 1 heterocycles. The van der Waals surface area contributed by atoms with Gasteiger partial charge < -0.3 is 10.9 Å². The van der Waals surface area contributed by atoms with Crippen LogP contribution in [0.15, 0.2) is 11.5 Å². The third-order valence-corrected chi connectivity index (χ3v) is 3.85. The second kappa shape index (κ2) is 5.62. The lowest BCUT2D eigenvalue weighted by Gasteiger charge is -2.01. The molecule has 0 unspecified atom stereocenters. The average molecular weight is 261 g/mol. The van der Waals surface area contributed by atoms with Crippen LogP contribution in [-0.2, 0) is 16.4 Å². The molecule has 3 N–H and O–H groups in total. The summed E-state index contributed by atoms with van der Waals surface area (Å²) in [6, 6.07) is 0. The van der Waals surface area contributed by atoms with Gasteiger partial charge in [0.25, 0.3) is 0 Å². The molecule has 96 valence electrons. The number of hydrogen-bond donors (Lipinski definition) is 2. The molecular formula is C8H15N5O3S. The number of nitrogens with zero attached hydrogens (tertiary/aromatic N) is 4. The fourth-order valence-corrected chi connectivity index (χ4v) is 2.50. The fraction of sp³-hybridized carbons (Fsp3) is 0.625. The Kier molecular flexibility index (Phi) is 4.44. The van der Waals surface area contributed by atoms with Crippen LogP contribution in [0.5, 0.6) is 0 Å². The highest BCUT2D eigenvalue weighted by Crippen LogP contribution is 1.96. The minimum absolute atomic E-state index is 0.000186. The summed E-state index contributed by atoms with van der Waals surface area (Å²) in [5.74, 6) is 0.0229. The Bertz CT molecular complexity index is 493. The summed E-state index contributed by atoms with van der Waals surface area (Å²) in [7, 11) is -3.05. The highest BCUT2D eigenvalue weighted by molar-refractivity contribution is 7.91. The molecule has 0 aromatic carbocycles. The molecule has 0 fully saturated rings. The van der Waals surface area contributed by atoms with Crippen LogP contribution in [-0.4, -0.2) is 45.7 Å². The molecule has 0 amide bonds. The molecule has 0 aliphatic rings. The molecule has 0 aliphatic heterocycles. The highest BCUT2D eigenvalue weighted by Gasteiger charge is 2.11. The first-order chi connectivity index (χ1) is 7.98. The molecule has 8 nitrogen and oxygen atoms in total. The first-order valence-corrected chi connectivity index (χ1v) is 6.88. The fourth-order valence-electron chi connectivity index (χ4n) is 1.21. The van der Waals surface area contributed by atoms with Crippen LogP contribution in [0.25, 0.3) is 0 Å². The SMILES string of the molecule is CCCS(=O)(=O)CCn1cnc(C(N)=NO)n1. The zero-order valence-corrected chi connectivity index (χ0v) is 10.3. The van der Waals surface area contributed by atoms with Crippen molar-refractivity contribution in [3.05, 3.63) is 12.2 Å². The number of aryl methyl sites for hydroxylation is 1. The van der Waals surface area contributed by atoms with Crippen LogP contribution in [0, 0.1) is 0 Å². The number of hydrogen-bond acceptors (Lipinski definition) is 6. The van der Waals surface area contributed by atoms with Gasteiger partial charge in [-0.25, -0.2) is 13.4 Å². The number of aromatic nitrogens is 3. The number of sulfone groups is 1. The predicted octanol–water partition coefficient (Wildman–Crippen LogP) is -0.803. The Morgan fingerprint density at radius 1 is 1.59 bits per heavy atom. The van der Waals surface area contributed by atoms with Crippen molar-refractivity contribution in [2.75, 3.05) is 11.5 Å². The summed E-state index contributed by atoms with van der Waals surface area (Å²) in [5.41, 5.74) is 5.28. The van der Waals surface area contributed by atoms with Crippen molar-refractivity contribution in [3.63, 3.8) is 0 Å². The molecule has 0 spiro atoms. The quantitative estimate of drug-likeness (QED) is 0.299. The molecule has 0 saturated carbocycles. The second-order valence-electron chi connectivity index (χ2n) is 3.47. The monoisotopic (exact) mass is 261 g/mol. The zero-order chi connectivity index (χ0) is 12.9. The third-order valence-electron chi connectivity index (χ3n) is 2.02. The molecule has 0 radical (unpaired) electrons. The van der Waals surface area contributed by atoms with Crippen molar-refractivity contribution >= 4 is 15.7 Å². The van der Waals surface area contributed by atoms with Gasteiger partial charge in [0, 0.05) is 5.75 Å². The molecule has 0 atom stereocenters. The molecule has 1 aromatic heterocycles. The molecule has 9 heteroatoms. The second-order valence-corrected chi connectivity index (χ2v) is 5.77. The normalized spacial score (nSPS) is 12.9.